The fourth-order valence-electron chi connectivity index (χ4n) is 2.28. The molecule has 0 saturated carbocycles. The number of aromatic nitrogens is 1. The molecule has 0 aliphatic carbocycles. The summed E-state index contributed by atoms with van der Waals surface area (Å²) in [7, 11) is 0. The lowest BCUT2D eigenvalue weighted by Gasteiger charge is -2.10. The fourth-order valence-corrected chi connectivity index (χ4v) is 3.09. The van der Waals surface area contributed by atoms with E-state index in [0.717, 1.165) is 16.0 Å². The van der Waals surface area contributed by atoms with Crippen molar-refractivity contribution in [2.75, 3.05) is 5.32 Å². The number of fused-ring (bicyclic) bond motifs is 1. The van der Waals surface area contributed by atoms with Crippen LogP contribution in [0.3, 0.4) is 0 Å². The normalized spacial score (nSPS) is 11.0. The highest BCUT2D eigenvalue weighted by atomic mass is 32.1. The van der Waals surface area contributed by atoms with Crippen molar-refractivity contribution < 1.29 is 14.6 Å². The van der Waals surface area contributed by atoms with Crippen LogP contribution in [0.1, 0.15) is 29.2 Å². The van der Waals surface area contributed by atoms with Crippen molar-refractivity contribution in [3.63, 3.8) is 0 Å². The number of hydrogen-bond donors (Lipinski definition) is 2. The number of anilines is 1. The van der Waals surface area contributed by atoms with E-state index in [1.54, 1.807) is 30.3 Å². The second-order valence-corrected chi connectivity index (χ2v) is 6.71. The lowest BCUT2D eigenvalue weighted by Crippen LogP contribution is -2.12. The zero-order valence-corrected chi connectivity index (χ0v) is 14.3. The van der Waals surface area contributed by atoms with E-state index in [9.17, 15) is 4.79 Å². The molecular formula is C18H18N2O3S. The van der Waals surface area contributed by atoms with E-state index in [2.05, 4.69) is 10.3 Å². The van der Waals surface area contributed by atoms with Crippen LogP contribution < -0.4 is 10.1 Å². The number of ether oxygens (including phenoxy) is 1. The number of carbonyl (C=O) groups is 1. The highest BCUT2D eigenvalue weighted by Gasteiger charge is 2.09. The van der Waals surface area contributed by atoms with Crippen molar-refractivity contribution >= 4 is 33.1 Å². The fraction of sp³-hybridized carbons (Fsp3) is 0.222. The van der Waals surface area contributed by atoms with Gasteiger partial charge in [0.15, 0.2) is 0 Å². The molecule has 0 spiro atoms. The van der Waals surface area contributed by atoms with Crippen LogP contribution >= 0.6 is 11.3 Å². The molecule has 3 rings (SSSR count). The van der Waals surface area contributed by atoms with E-state index in [4.69, 9.17) is 9.84 Å². The maximum absolute atomic E-state index is 12.3. The number of hydrogen-bond acceptors (Lipinski definition) is 5. The molecule has 1 amide bonds. The first kappa shape index (κ1) is 16.4. The van der Waals surface area contributed by atoms with Gasteiger partial charge in [-0.1, -0.05) is 0 Å². The van der Waals surface area contributed by atoms with Crippen molar-refractivity contribution in [2.24, 2.45) is 0 Å². The van der Waals surface area contributed by atoms with Gasteiger partial charge in [0.2, 0.25) is 0 Å². The number of aliphatic hydroxyl groups is 1. The predicted molar refractivity (Wildman–Crippen MR) is 95.7 cm³/mol. The summed E-state index contributed by atoms with van der Waals surface area (Å²) in [6.07, 6.45) is 0.0957. The Morgan fingerprint density at radius 3 is 2.67 bits per heavy atom. The summed E-state index contributed by atoms with van der Waals surface area (Å²) in [5.41, 5.74) is 1.99. The van der Waals surface area contributed by atoms with Gasteiger partial charge in [0.05, 0.1) is 22.9 Å². The number of carbonyl (C=O) groups excluding carboxylic acids is 1. The molecule has 0 bridgehead atoms. The molecule has 2 aromatic carbocycles. The molecule has 0 aliphatic heterocycles. The number of amides is 1. The Kier molecular flexibility index (Phi) is 4.78. The summed E-state index contributed by atoms with van der Waals surface area (Å²) in [6.45, 7) is 3.83. The van der Waals surface area contributed by atoms with E-state index in [0.29, 0.717) is 16.3 Å². The lowest BCUT2D eigenvalue weighted by molar-refractivity contribution is 0.102. The minimum Gasteiger partial charge on any atom is -0.491 e. The smallest absolute Gasteiger partial charge is 0.255 e. The molecule has 5 nitrogen and oxygen atoms in total. The molecule has 1 heterocycles. The molecule has 0 saturated heterocycles. The third-order valence-electron chi connectivity index (χ3n) is 3.31. The maximum atomic E-state index is 12.3. The standard InChI is InChI=1S/C18H18N2O3S/c1-11(2)23-14-6-3-12(4-7-14)18(22)19-13-5-8-16-15(9-13)20-17(10-21)24-16/h3-9,11,21H,10H2,1-2H3,(H,19,22). The Bertz CT molecular complexity index is 856. The van der Waals surface area contributed by atoms with Gasteiger partial charge in [-0.2, -0.15) is 0 Å². The van der Waals surface area contributed by atoms with E-state index >= 15 is 0 Å². The zero-order chi connectivity index (χ0) is 17.1. The van der Waals surface area contributed by atoms with Gasteiger partial charge in [0.25, 0.3) is 5.91 Å². The van der Waals surface area contributed by atoms with E-state index in [1.165, 1.54) is 11.3 Å². The quantitative estimate of drug-likeness (QED) is 0.739. The molecule has 1 aromatic heterocycles. The SMILES string of the molecule is CC(C)Oc1ccc(C(=O)Nc2ccc3sc(CO)nc3c2)cc1. The number of aliphatic hydroxyl groups excluding tert-OH is 1. The van der Waals surface area contributed by atoms with Crippen LogP contribution in [-0.2, 0) is 6.61 Å². The first-order chi connectivity index (χ1) is 11.5. The minimum absolute atomic E-state index is 0.0775. The molecule has 124 valence electrons. The van der Waals surface area contributed by atoms with Crippen molar-refractivity contribution in [2.45, 2.75) is 26.6 Å². The zero-order valence-electron chi connectivity index (χ0n) is 13.4. The van der Waals surface area contributed by atoms with E-state index in [1.807, 2.05) is 26.0 Å². The first-order valence-electron chi connectivity index (χ1n) is 7.63. The minimum atomic E-state index is -0.192. The second kappa shape index (κ2) is 6.98. The Morgan fingerprint density at radius 1 is 1.25 bits per heavy atom. The van der Waals surface area contributed by atoms with Crippen LogP contribution in [0.5, 0.6) is 5.75 Å². The Balaban J connectivity index is 1.74. The highest BCUT2D eigenvalue weighted by molar-refractivity contribution is 7.18. The molecule has 0 atom stereocenters. The van der Waals surface area contributed by atoms with Crippen LogP contribution in [-0.4, -0.2) is 22.1 Å². The van der Waals surface area contributed by atoms with Crippen LogP contribution in [0, 0.1) is 0 Å². The molecule has 3 aromatic rings. The van der Waals surface area contributed by atoms with Crippen LogP contribution in [0.4, 0.5) is 5.69 Å². The topological polar surface area (TPSA) is 71.5 Å². The predicted octanol–water partition coefficient (Wildman–Crippen LogP) is 3.83. The van der Waals surface area contributed by atoms with Crippen LogP contribution in [0.25, 0.3) is 10.2 Å². The summed E-state index contributed by atoms with van der Waals surface area (Å²) in [6, 6.07) is 12.6. The molecule has 6 heteroatoms. The molecule has 24 heavy (non-hydrogen) atoms. The van der Waals surface area contributed by atoms with Crippen molar-refractivity contribution in [1.29, 1.82) is 0 Å². The number of nitrogens with one attached hydrogen (secondary N) is 1. The average molecular weight is 342 g/mol. The average Bonchev–Trinajstić information content (AvgIpc) is 2.97. The van der Waals surface area contributed by atoms with Gasteiger partial charge in [-0.3, -0.25) is 4.79 Å². The Labute approximate surface area is 143 Å². The van der Waals surface area contributed by atoms with Crippen molar-refractivity contribution in [3.05, 3.63) is 53.0 Å². The third-order valence-corrected chi connectivity index (χ3v) is 4.33. The number of thiazole rings is 1. The Hall–Kier alpha value is -2.44. The van der Waals surface area contributed by atoms with Gasteiger partial charge >= 0.3 is 0 Å². The van der Waals surface area contributed by atoms with Crippen molar-refractivity contribution in [3.8, 4) is 5.75 Å². The van der Waals surface area contributed by atoms with Crippen LogP contribution in [0.2, 0.25) is 0 Å². The largest absolute Gasteiger partial charge is 0.491 e. The summed E-state index contributed by atoms with van der Waals surface area (Å²) in [5.74, 6) is 0.546. The van der Waals surface area contributed by atoms with Crippen LogP contribution in [0.15, 0.2) is 42.5 Å². The third kappa shape index (κ3) is 3.72. The van der Waals surface area contributed by atoms with Gasteiger partial charge in [-0.25, -0.2) is 4.98 Å². The summed E-state index contributed by atoms with van der Waals surface area (Å²) >= 11 is 1.44. The lowest BCUT2D eigenvalue weighted by atomic mass is 10.2. The molecular weight excluding hydrogens is 324 g/mol. The Morgan fingerprint density at radius 2 is 2.00 bits per heavy atom. The van der Waals surface area contributed by atoms with Gasteiger partial charge in [0, 0.05) is 11.3 Å². The number of benzene rings is 2. The maximum Gasteiger partial charge on any atom is 0.255 e. The molecule has 0 radical (unpaired) electrons. The molecule has 2 N–H and O–H groups in total. The second-order valence-electron chi connectivity index (χ2n) is 5.59. The summed E-state index contributed by atoms with van der Waals surface area (Å²) in [5, 5.41) is 12.7. The molecule has 0 aliphatic rings. The summed E-state index contributed by atoms with van der Waals surface area (Å²) < 4.78 is 6.55. The van der Waals surface area contributed by atoms with Gasteiger partial charge < -0.3 is 15.2 Å². The molecule has 0 unspecified atom stereocenters. The van der Waals surface area contributed by atoms with Gasteiger partial charge in [-0.15, -0.1) is 11.3 Å². The number of nitrogens with zero attached hydrogens (tertiary/aromatic N) is 1. The van der Waals surface area contributed by atoms with Crippen molar-refractivity contribution in [1.82, 2.24) is 4.98 Å². The van der Waals surface area contributed by atoms with E-state index in [-0.39, 0.29) is 18.6 Å². The van der Waals surface area contributed by atoms with Gasteiger partial charge in [0.1, 0.15) is 10.8 Å². The highest BCUT2D eigenvalue weighted by Crippen LogP contribution is 2.25. The van der Waals surface area contributed by atoms with E-state index < -0.39 is 0 Å². The summed E-state index contributed by atoms with van der Waals surface area (Å²) in [4.78, 5) is 16.6. The van der Waals surface area contributed by atoms with Gasteiger partial charge in [-0.05, 0) is 56.3 Å². The number of rotatable bonds is 5. The first-order valence-corrected chi connectivity index (χ1v) is 8.45. The molecule has 0 fully saturated rings. The monoisotopic (exact) mass is 342 g/mol.